The van der Waals surface area contributed by atoms with Gasteiger partial charge < -0.3 is 14.6 Å². The quantitative estimate of drug-likeness (QED) is 0.803. The number of carbonyl (C=O) groups excluding carboxylic acids is 1. The van der Waals surface area contributed by atoms with Gasteiger partial charge in [0.05, 0.1) is 19.1 Å². The lowest BCUT2D eigenvalue weighted by Crippen LogP contribution is -2.48. The highest BCUT2D eigenvalue weighted by atomic mass is 16.3. The number of rotatable bonds is 6. The van der Waals surface area contributed by atoms with Gasteiger partial charge in [0.25, 0.3) is 0 Å². The molecule has 0 aliphatic carbocycles. The molecule has 0 spiro atoms. The normalized spacial score (nSPS) is 15.6. The van der Waals surface area contributed by atoms with Crippen LogP contribution in [0.15, 0.2) is 36.5 Å². The maximum atomic E-state index is 12.5. The number of aliphatic hydroxyl groups excluding tert-OH is 1. The summed E-state index contributed by atoms with van der Waals surface area (Å²) in [4.78, 5) is 16.5. The Morgan fingerprint density at radius 1 is 1.19 bits per heavy atom. The van der Waals surface area contributed by atoms with Crippen LogP contribution in [0.25, 0.3) is 17.0 Å². The van der Waals surface area contributed by atoms with Crippen molar-refractivity contribution in [2.45, 2.75) is 13.0 Å². The van der Waals surface area contributed by atoms with E-state index in [1.54, 1.807) is 6.08 Å². The van der Waals surface area contributed by atoms with Crippen LogP contribution in [0.5, 0.6) is 0 Å². The molecular weight excluding hydrogens is 328 g/mol. The van der Waals surface area contributed by atoms with Gasteiger partial charge in [-0.3, -0.25) is 9.69 Å². The highest BCUT2D eigenvalue weighted by molar-refractivity contribution is 5.96. The molecule has 1 amide bonds. The molecular formula is C20H24N4O2. The summed E-state index contributed by atoms with van der Waals surface area (Å²) < 4.78 is 2.07. The van der Waals surface area contributed by atoms with Crippen molar-refractivity contribution in [1.29, 1.82) is 5.26 Å². The molecule has 0 saturated carbocycles. The maximum absolute atomic E-state index is 12.5. The largest absolute Gasteiger partial charge is 0.395 e. The van der Waals surface area contributed by atoms with Crippen LogP contribution in [0.4, 0.5) is 0 Å². The lowest BCUT2D eigenvalue weighted by atomic mass is 10.1. The van der Waals surface area contributed by atoms with Crippen molar-refractivity contribution in [2.24, 2.45) is 0 Å². The van der Waals surface area contributed by atoms with Gasteiger partial charge in [-0.1, -0.05) is 18.2 Å². The van der Waals surface area contributed by atoms with Crippen molar-refractivity contribution in [1.82, 2.24) is 14.4 Å². The van der Waals surface area contributed by atoms with E-state index in [2.05, 4.69) is 15.5 Å². The Balaban J connectivity index is 1.70. The average Bonchev–Trinajstić information content (AvgIpc) is 3.03. The molecule has 0 unspecified atom stereocenters. The molecule has 1 aliphatic rings. The number of β-amino-alcohol motifs (C(OH)–C–C–N with tert-alkyl or cyclic N) is 1. The van der Waals surface area contributed by atoms with Gasteiger partial charge in [0.15, 0.2) is 0 Å². The van der Waals surface area contributed by atoms with Gasteiger partial charge in [0.1, 0.15) is 0 Å². The molecule has 26 heavy (non-hydrogen) atoms. The first-order chi connectivity index (χ1) is 12.7. The summed E-state index contributed by atoms with van der Waals surface area (Å²) in [7, 11) is 0. The highest BCUT2D eigenvalue weighted by Gasteiger charge is 2.19. The molecule has 136 valence electrons. The van der Waals surface area contributed by atoms with Gasteiger partial charge in [-0.2, -0.15) is 5.26 Å². The zero-order valence-corrected chi connectivity index (χ0v) is 14.8. The number of aryl methyl sites for hydroxylation is 1. The van der Waals surface area contributed by atoms with Crippen LogP contribution < -0.4 is 0 Å². The number of hydrogen-bond donors (Lipinski definition) is 1. The molecule has 1 aromatic carbocycles. The van der Waals surface area contributed by atoms with Gasteiger partial charge in [-0.15, -0.1) is 0 Å². The number of para-hydroxylation sites is 1. The molecule has 1 fully saturated rings. The summed E-state index contributed by atoms with van der Waals surface area (Å²) in [5, 5.41) is 18.9. The summed E-state index contributed by atoms with van der Waals surface area (Å²) in [6.07, 6.45) is 5.97. The third-order valence-corrected chi connectivity index (χ3v) is 4.79. The Morgan fingerprint density at radius 3 is 2.69 bits per heavy atom. The third-order valence-electron chi connectivity index (χ3n) is 4.79. The number of piperazine rings is 1. The fraction of sp³-hybridized carbons (Fsp3) is 0.400. The Morgan fingerprint density at radius 2 is 1.96 bits per heavy atom. The molecule has 3 rings (SSSR count). The van der Waals surface area contributed by atoms with Gasteiger partial charge in [0.2, 0.25) is 5.91 Å². The molecule has 6 heteroatoms. The Labute approximate surface area is 153 Å². The monoisotopic (exact) mass is 352 g/mol. The molecule has 0 radical (unpaired) electrons. The standard InChI is InChI=1S/C20H24N4O2/c21-8-3-9-24-16-17(18-4-1-2-5-19(18)24)6-7-20(26)23-12-10-22(11-13-23)14-15-25/h1-2,4-7,16,25H,3,9-15H2/b7-6+. The predicted molar refractivity (Wildman–Crippen MR) is 101 cm³/mol. The first-order valence-corrected chi connectivity index (χ1v) is 8.98. The number of benzene rings is 1. The van der Waals surface area contributed by atoms with Gasteiger partial charge in [0, 0.05) is 68.0 Å². The Bertz CT molecular complexity index is 826. The van der Waals surface area contributed by atoms with Gasteiger partial charge >= 0.3 is 0 Å². The topological polar surface area (TPSA) is 72.5 Å². The van der Waals surface area contributed by atoms with Crippen molar-refractivity contribution in [3.63, 3.8) is 0 Å². The molecule has 0 bridgehead atoms. The SMILES string of the molecule is N#CCCn1cc(/C=C/C(=O)N2CCN(CCO)CC2)c2ccccc21. The average molecular weight is 352 g/mol. The minimum atomic E-state index is 0.0162. The van der Waals surface area contributed by atoms with E-state index in [1.807, 2.05) is 41.4 Å². The molecule has 1 N–H and O–H groups in total. The molecule has 1 aromatic heterocycles. The number of hydrogen-bond acceptors (Lipinski definition) is 4. The third kappa shape index (κ3) is 4.13. The second kappa shape index (κ2) is 8.65. The second-order valence-corrected chi connectivity index (χ2v) is 6.43. The Kier molecular flexibility index (Phi) is 6.05. The molecule has 0 atom stereocenters. The number of aromatic nitrogens is 1. The molecule has 2 aromatic rings. The zero-order valence-electron chi connectivity index (χ0n) is 14.8. The van der Waals surface area contributed by atoms with E-state index in [0.29, 0.717) is 32.6 Å². The van der Waals surface area contributed by atoms with E-state index < -0.39 is 0 Å². The lowest BCUT2D eigenvalue weighted by molar-refractivity contribution is -0.127. The Hall–Kier alpha value is -2.62. The fourth-order valence-electron chi connectivity index (χ4n) is 3.36. The summed E-state index contributed by atoms with van der Waals surface area (Å²) in [5.41, 5.74) is 2.07. The molecule has 1 saturated heterocycles. The van der Waals surface area contributed by atoms with Gasteiger partial charge in [-0.25, -0.2) is 0 Å². The number of nitriles is 1. The summed E-state index contributed by atoms with van der Waals surface area (Å²) in [6, 6.07) is 10.2. The summed E-state index contributed by atoms with van der Waals surface area (Å²) in [5.74, 6) is 0.0162. The van der Waals surface area contributed by atoms with Crippen LogP contribution in [0, 0.1) is 11.3 Å². The van der Waals surface area contributed by atoms with E-state index in [1.165, 1.54) is 0 Å². The van der Waals surface area contributed by atoms with Crippen LogP contribution in [0.1, 0.15) is 12.0 Å². The van der Waals surface area contributed by atoms with Crippen molar-refractivity contribution in [2.75, 3.05) is 39.3 Å². The fourth-order valence-corrected chi connectivity index (χ4v) is 3.36. The van der Waals surface area contributed by atoms with Crippen LogP contribution in [-0.2, 0) is 11.3 Å². The smallest absolute Gasteiger partial charge is 0.246 e. The molecule has 1 aliphatic heterocycles. The minimum absolute atomic E-state index is 0.0162. The number of amides is 1. The summed E-state index contributed by atoms with van der Waals surface area (Å²) in [6.45, 7) is 4.44. The number of aliphatic hydroxyl groups is 1. The van der Waals surface area contributed by atoms with Crippen molar-refractivity contribution in [3.8, 4) is 6.07 Å². The molecule has 2 heterocycles. The number of carbonyl (C=O) groups is 1. The van der Waals surface area contributed by atoms with Crippen molar-refractivity contribution >= 4 is 22.9 Å². The molecule has 6 nitrogen and oxygen atoms in total. The van der Waals surface area contributed by atoms with Crippen LogP contribution in [0.3, 0.4) is 0 Å². The summed E-state index contributed by atoms with van der Waals surface area (Å²) >= 11 is 0. The van der Waals surface area contributed by atoms with E-state index in [0.717, 1.165) is 29.6 Å². The number of fused-ring (bicyclic) bond motifs is 1. The first-order valence-electron chi connectivity index (χ1n) is 8.98. The predicted octanol–water partition coefficient (Wildman–Crippen LogP) is 1.70. The van der Waals surface area contributed by atoms with Crippen molar-refractivity contribution in [3.05, 3.63) is 42.1 Å². The number of nitrogens with zero attached hydrogens (tertiary/aromatic N) is 4. The van der Waals surface area contributed by atoms with E-state index in [-0.39, 0.29) is 12.5 Å². The highest BCUT2D eigenvalue weighted by Crippen LogP contribution is 2.23. The van der Waals surface area contributed by atoms with Crippen LogP contribution in [0.2, 0.25) is 0 Å². The van der Waals surface area contributed by atoms with Crippen molar-refractivity contribution < 1.29 is 9.90 Å². The van der Waals surface area contributed by atoms with Crippen LogP contribution >= 0.6 is 0 Å². The van der Waals surface area contributed by atoms with E-state index in [4.69, 9.17) is 10.4 Å². The van der Waals surface area contributed by atoms with Crippen LogP contribution in [-0.4, -0.2) is 64.7 Å². The van der Waals surface area contributed by atoms with E-state index in [9.17, 15) is 4.79 Å². The maximum Gasteiger partial charge on any atom is 0.246 e. The van der Waals surface area contributed by atoms with E-state index >= 15 is 0 Å². The first kappa shape index (κ1) is 18.2. The van der Waals surface area contributed by atoms with Gasteiger partial charge in [-0.05, 0) is 12.1 Å². The zero-order chi connectivity index (χ0) is 18.4. The second-order valence-electron chi connectivity index (χ2n) is 6.43. The lowest BCUT2D eigenvalue weighted by Gasteiger charge is -2.33. The minimum Gasteiger partial charge on any atom is -0.395 e.